The number of rotatable bonds is 12. The van der Waals surface area contributed by atoms with Crippen LogP contribution in [0.25, 0.3) is 6.08 Å². The summed E-state index contributed by atoms with van der Waals surface area (Å²) in [6, 6.07) is 7.36. The molecule has 0 aliphatic heterocycles. The molecule has 0 aliphatic carbocycles. The van der Waals surface area contributed by atoms with Crippen LogP contribution in [-0.4, -0.2) is 57.5 Å². The van der Waals surface area contributed by atoms with Crippen LogP contribution in [0.1, 0.15) is 66.4 Å². The molecule has 2 atom stereocenters. The number of nitrogens with one attached hydrogen (secondary N) is 2. The van der Waals surface area contributed by atoms with Gasteiger partial charge in [-0.05, 0) is 37.2 Å². The number of hydroxylamine groups is 1. The van der Waals surface area contributed by atoms with Crippen LogP contribution in [0.4, 0.5) is 0 Å². The standard InChI is InChI=1S/C26H40N4O5/c1-18(2)15-16-24(32)30(29(17-19(3)4)26(34)20(5)27-21(6)31)23(25(33)28-35)14-10-13-22-11-8-7-9-12-22/h7-13,18-20,23,35H,14-17H2,1-6H3,(H,27,31)(H,28,33)/t20-,23+/m1/s1. The number of carbonyl (C=O) groups is 4. The first kappa shape index (κ1) is 29.8. The molecule has 1 aromatic rings. The molecule has 0 saturated carbocycles. The van der Waals surface area contributed by atoms with E-state index in [1.807, 2.05) is 64.1 Å². The highest BCUT2D eigenvalue weighted by molar-refractivity contribution is 5.91. The molecule has 0 spiro atoms. The fraction of sp³-hybridized carbons (Fsp3) is 0.538. The Morgan fingerprint density at radius 2 is 1.63 bits per heavy atom. The number of hydrogen-bond donors (Lipinski definition) is 3. The van der Waals surface area contributed by atoms with Crippen LogP contribution in [0.15, 0.2) is 36.4 Å². The maximum Gasteiger partial charge on any atom is 0.268 e. The third kappa shape index (κ3) is 10.3. The minimum atomic E-state index is -1.17. The molecular formula is C26H40N4O5. The second-order valence-electron chi connectivity index (χ2n) is 9.45. The molecular weight excluding hydrogens is 448 g/mol. The van der Waals surface area contributed by atoms with Gasteiger partial charge in [0.2, 0.25) is 11.8 Å². The van der Waals surface area contributed by atoms with E-state index in [2.05, 4.69) is 5.32 Å². The first-order chi connectivity index (χ1) is 16.5. The van der Waals surface area contributed by atoms with Gasteiger partial charge < -0.3 is 5.32 Å². The van der Waals surface area contributed by atoms with Gasteiger partial charge in [-0.15, -0.1) is 0 Å². The van der Waals surface area contributed by atoms with E-state index >= 15 is 0 Å². The number of benzene rings is 1. The summed E-state index contributed by atoms with van der Waals surface area (Å²) in [6.07, 6.45) is 4.28. The van der Waals surface area contributed by atoms with Gasteiger partial charge in [0.05, 0.1) is 0 Å². The molecule has 0 bridgehead atoms. The smallest absolute Gasteiger partial charge is 0.268 e. The Labute approximate surface area is 208 Å². The Bertz CT molecular complexity index is 870. The van der Waals surface area contributed by atoms with Crippen molar-refractivity contribution in [3.63, 3.8) is 0 Å². The van der Waals surface area contributed by atoms with E-state index in [-0.39, 0.29) is 37.1 Å². The van der Waals surface area contributed by atoms with Gasteiger partial charge in [0.15, 0.2) is 0 Å². The summed E-state index contributed by atoms with van der Waals surface area (Å²) in [6.45, 7) is 10.7. The van der Waals surface area contributed by atoms with Gasteiger partial charge in [-0.2, -0.15) is 0 Å². The zero-order valence-corrected chi connectivity index (χ0v) is 21.7. The van der Waals surface area contributed by atoms with Gasteiger partial charge in [-0.25, -0.2) is 15.5 Å². The van der Waals surface area contributed by atoms with Gasteiger partial charge in [0.25, 0.3) is 11.8 Å². The number of carbonyl (C=O) groups excluding carboxylic acids is 4. The van der Waals surface area contributed by atoms with Gasteiger partial charge in [0, 0.05) is 19.9 Å². The Morgan fingerprint density at radius 1 is 1.00 bits per heavy atom. The summed E-state index contributed by atoms with van der Waals surface area (Å²) in [5.41, 5.74) is 2.55. The molecule has 9 heteroatoms. The van der Waals surface area contributed by atoms with Crippen molar-refractivity contribution in [2.45, 2.75) is 72.9 Å². The predicted molar refractivity (Wildman–Crippen MR) is 135 cm³/mol. The van der Waals surface area contributed by atoms with Gasteiger partial charge in [-0.1, -0.05) is 70.2 Å². The summed E-state index contributed by atoms with van der Waals surface area (Å²) >= 11 is 0. The highest BCUT2D eigenvalue weighted by atomic mass is 16.5. The number of amides is 4. The highest BCUT2D eigenvalue weighted by Gasteiger charge is 2.37. The first-order valence-electron chi connectivity index (χ1n) is 12.0. The van der Waals surface area contributed by atoms with Crippen molar-refractivity contribution in [2.75, 3.05) is 6.54 Å². The van der Waals surface area contributed by atoms with Crippen molar-refractivity contribution >= 4 is 29.7 Å². The lowest BCUT2D eigenvalue weighted by molar-refractivity contribution is -0.176. The van der Waals surface area contributed by atoms with E-state index in [9.17, 15) is 24.4 Å². The number of hydrazine groups is 1. The molecule has 35 heavy (non-hydrogen) atoms. The molecule has 0 aliphatic rings. The summed E-state index contributed by atoms with van der Waals surface area (Å²) < 4.78 is 0. The van der Waals surface area contributed by atoms with Crippen molar-refractivity contribution in [1.29, 1.82) is 0 Å². The lowest BCUT2D eigenvalue weighted by atomic mass is 10.1. The lowest BCUT2D eigenvalue weighted by Crippen LogP contribution is -2.62. The Hall–Kier alpha value is -3.20. The third-order valence-corrected chi connectivity index (χ3v) is 5.21. The average molecular weight is 489 g/mol. The van der Waals surface area contributed by atoms with Crippen LogP contribution in [0.5, 0.6) is 0 Å². The molecule has 0 heterocycles. The van der Waals surface area contributed by atoms with Crippen molar-refractivity contribution in [3.8, 4) is 0 Å². The van der Waals surface area contributed by atoms with E-state index in [1.165, 1.54) is 18.9 Å². The van der Waals surface area contributed by atoms with Gasteiger partial charge in [-0.3, -0.25) is 24.4 Å². The minimum absolute atomic E-state index is 0.0402. The van der Waals surface area contributed by atoms with E-state index in [4.69, 9.17) is 0 Å². The monoisotopic (exact) mass is 488 g/mol. The topological polar surface area (TPSA) is 119 Å². The average Bonchev–Trinajstić information content (AvgIpc) is 2.80. The molecule has 0 fully saturated rings. The molecule has 194 valence electrons. The van der Waals surface area contributed by atoms with Crippen LogP contribution in [0, 0.1) is 11.8 Å². The molecule has 0 aromatic heterocycles. The first-order valence-corrected chi connectivity index (χ1v) is 12.0. The Balaban J connectivity index is 3.45. The number of hydrogen-bond acceptors (Lipinski definition) is 5. The van der Waals surface area contributed by atoms with Crippen LogP contribution in [-0.2, 0) is 19.2 Å². The Kier molecular flexibility index (Phi) is 12.7. The van der Waals surface area contributed by atoms with Crippen molar-refractivity contribution in [3.05, 3.63) is 42.0 Å². The van der Waals surface area contributed by atoms with E-state index in [1.54, 1.807) is 11.6 Å². The zero-order chi connectivity index (χ0) is 26.5. The normalized spacial score (nSPS) is 12.9. The second-order valence-corrected chi connectivity index (χ2v) is 9.45. The van der Waals surface area contributed by atoms with Gasteiger partial charge >= 0.3 is 0 Å². The van der Waals surface area contributed by atoms with Crippen LogP contribution < -0.4 is 10.8 Å². The molecule has 3 N–H and O–H groups in total. The SMILES string of the molecule is CC(=O)N[C@H](C)C(=O)N(CC(C)C)N(C(=O)CCC(C)C)[C@@H](CC=Cc1ccccc1)C(=O)NO. The highest BCUT2D eigenvalue weighted by Crippen LogP contribution is 2.19. The maximum absolute atomic E-state index is 13.5. The predicted octanol–water partition coefficient (Wildman–Crippen LogP) is 3.15. The molecule has 0 radical (unpaired) electrons. The fourth-order valence-electron chi connectivity index (χ4n) is 3.51. The lowest BCUT2D eigenvalue weighted by Gasteiger charge is -2.41. The minimum Gasteiger partial charge on any atom is -0.345 e. The van der Waals surface area contributed by atoms with Crippen molar-refractivity contribution < 1.29 is 24.4 Å². The molecule has 0 saturated heterocycles. The summed E-state index contributed by atoms with van der Waals surface area (Å²) in [7, 11) is 0. The maximum atomic E-state index is 13.5. The summed E-state index contributed by atoms with van der Waals surface area (Å²) in [5, 5.41) is 14.4. The van der Waals surface area contributed by atoms with E-state index < -0.39 is 29.8 Å². The fourth-order valence-corrected chi connectivity index (χ4v) is 3.51. The summed E-state index contributed by atoms with van der Waals surface area (Å²) in [4.78, 5) is 51.3. The van der Waals surface area contributed by atoms with Gasteiger partial charge in [0.1, 0.15) is 12.1 Å². The van der Waals surface area contributed by atoms with Crippen molar-refractivity contribution in [2.24, 2.45) is 11.8 Å². The zero-order valence-electron chi connectivity index (χ0n) is 21.7. The van der Waals surface area contributed by atoms with Crippen molar-refractivity contribution in [1.82, 2.24) is 20.8 Å². The van der Waals surface area contributed by atoms with Crippen LogP contribution >= 0.6 is 0 Å². The molecule has 1 aromatic carbocycles. The molecule has 9 nitrogen and oxygen atoms in total. The largest absolute Gasteiger partial charge is 0.345 e. The molecule has 0 unspecified atom stereocenters. The van der Waals surface area contributed by atoms with E-state index in [0.717, 1.165) is 10.6 Å². The quantitative estimate of drug-likeness (QED) is 0.308. The van der Waals surface area contributed by atoms with Crippen LogP contribution in [0.2, 0.25) is 0 Å². The molecule has 1 rings (SSSR count). The third-order valence-electron chi connectivity index (χ3n) is 5.21. The van der Waals surface area contributed by atoms with E-state index in [0.29, 0.717) is 6.42 Å². The summed E-state index contributed by atoms with van der Waals surface area (Å²) in [5.74, 6) is -1.94. The molecule has 4 amide bonds. The van der Waals surface area contributed by atoms with Crippen LogP contribution in [0.3, 0.4) is 0 Å². The Morgan fingerprint density at radius 3 is 2.14 bits per heavy atom. The second kappa shape index (κ2) is 14.9. The number of nitrogens with zero attached hydrogens (tertiary/aromatic N) is 2.